The van der Waals surface area contributed by atoms with E-state index in [2.05, 4.69) is 6.92 Å². The Bertz CT molecular complexity index is 3790. The van der Waals surface area contributed by atoms with E-state index in [4.69, 9.17) is 61.6 Å². The Morgan fingerprint density at radius 1 is 0.397 bits per heavy atom. The normalized spacial score (nSPS) is 37.7. The first-order chi connectivity index (χ1) is 53.5. The van der Waals surface area contributed by atoms with Crippen LogP contribution in [0.3, 0.4) is 0 Å². The predicted octanol–water partition coefficient (Wildman–Crippen LogP) is 14.2. The van der Waals surface area contributed by atoms with Crippen LogP contribution in [-0.4, -0.2) is 154 Å². The van der Waals surface area contributed by atoms with Gasteiger partial charge in [0.25, 0.3) is 0 Å². The highest BCUT2D eigenvalue weighted by molar-refractivity contribution is 5.86. The summed E-state index contributed by atoms with van der Waals surface area (Å²) >= 11 is 0. The van der Waals surface area contributed by atoms with Gasteiger partial charge in [0.1, 0.15) is 71.2 Å². The van der Waals surface area contributed by atoms with Gasteiger partial charge in [-0.2, -0.15) is 0 Å². The Morgan fingerprint density at radius 2 is 0.897 bits per heavy atom. The molecule has 9 saturated carbocycles. The third-order valence-corrected chi connectivity index (χ3v) is 30.7. The van der Waals surface area contributed by atoms with Crippen LogP contribution in [0.15, 0.2) is 0 Å². The van der Waals surface area contributed by atoms with E-state index in [-0.39, 0.29) is 173 Å². The molecule has 116 heavy (non-hydrogen) atoms. The third kappa shape index (κ3) is 17.4. The van der Waals surface area contributed by atoms with E-state index < -0.39 is 78.5 Å². The van der Waals surface area contributed by atoms with Crippen LogP contribution < -0.4 is 0 Å². The molecule has 0 aromatic rings. The van der Waals surface area contributed by atoms with Gasteiger partial charge in [-0.3, -0.25) is 57.5 Å². The SMILES string of the molecule is CCC(C)(C)C(=O)OC(C)(C)C(=O)OC1C2CC3C(=O)OC1C3C2.CCC(C)(C)C(=O)OC1(C)CCC2CC1(C)OC2=O.CCC(C)(C)C(=O)OC1C2CC3C(=O)OC1(C)C3C2.CCC(C)(C)C(=O)OC1C2OC(=O)C3CC1(C)CC32.CCC(C)(C)C(=O)OC1CCC2CC1(C)OC2=O.CCC(C)(C)C(=O)OC1CCC2CC1OC2=O. The molecular weight excluding hydrogens is 1500 g/mol. The lowest BCUT2D eigenvalue weighted by molar-refractivity contribution is -0.204. The molecule has 652 valence electrons. The Kier molecular flexibility index (Phi) is 25.7. The number of hydrogen-bond donors (Lipinski definition) is 0. The van der Waals surface area contributed by atoms with Gasteiger partial charge < -0.3 is 61.6 Å². The fraction of sp³-hybridized carbons (Fsp3) is 0.856. The first-order valence-corrected chi connectivity index (χ1v) is 43.3. The fourth-order valence-electron chi connectivity index (χ4n) is 19.4. The zero-order valence-corrected chi connectivity index (χ0v) is 73.9. The molecule has 0 spiro atoms. The van der Waals surface area contributed by atoms with Crippen LogP contribution in [-0.2, 0) is 124 Å². The largest absolute Gasteiger partial charge is 0.458 e. The highest BCUT2D eigenvalue weighted by atomic mass is 16.7. The zero-order valence-electron chi connectivity index (χ0n) is 73.9. The number of rotatable bonds is 20. The summed E-state index contributed by atoms with van der Waals surface area (Å²) in [5, 5.41) is 0. The van der Waals surface area contributed by atoms with Crippen molar-refractivity contribution in [2.45, 2.75) is 385 Å². The summed E-state index contributed by atoms with van der Waals surface area (Å²) in [4.78, 5) is 156. The van der Waals surface area contributed by atoms with Gasteiger partial charge in [0.05, 0.1) is 68.0 Å². The van der Waals surface area contributed by atoms with Gasteiger partial charge in [0.15, 0.2) is 0 Å². The highest BCUT2D eigenvalue weighted by Crippen LogP contribution is 2.64. The van der Waals surface area contributed by atoms with Crippen molar-refractivity contribution in [3.63, 3.8) is 0 Å². The molecule has 0 amide bonds. The molecule has 15 fully saturated rings. The monoisotopic (exact) mass is 1630 g/mol. The van der Waals surface area contributed by atoms with Crippen molar-refractivity contribution in [3.8, 4) is 0 Å². The Labute approximate surface area is 686 Å². The number of ether oxygens (including phenoxy) is 13. The molecule has 15 rings (SSSR count). The molecule has 6 heterocycles. The molecule has 0 aromatic heterocycles. The van der Waals surface area contributed by atoms with E-state index in [0.717, 1.165) is 103 Å². The summed E-state index contributed by atoms with van der Waals surface area (Å²) in [6.07, 6.45) is 13.7. The zero-order chi connectivity index (χ0) is 86.5. The van der Waals surface area contributed by atoms with Crippen LogP contribution in [0.25, 0.3) is 0 Å². The van der Waals surface area contributed by atoms with E-state index in [0.29, 0.717) is 38.0 Å². The standard InChI is InChI=1S/C18H26O6.2C15H22O4.C15H24O4.C14H22O4.C13H20O4/c1-6-17(2,3)15(20)24-18(4,5)16(21)23-12-9-7-10-11(8-9)14(19)22-13(10)12;1-5-14(2,3)13(17)19-11-10-8-6-15(11,4)7-9(8)12(16)18-10;1-5-14(2,3)13(17)18-11-8-6-9-10(7-8)15(11,4)19-12(9)16;1-6-13(2,3)12(17)19-14(4)8-7-10-9-15(14,5)18-11(10)16;1-5-13(2,3)12(16)17-10-7-6-9-8-14(10,4)18-11(9)15;1-4-13(2,3)12(15)17-9-6-5-8-7-10(9)16-11(8)14/h9-13H,6-8H2,1-5H3;2*8-11H,5-7H2,1-4H3;10H,6-9H2,1-5H3;9-10H,5-8H2,1-4H3;8-10H,4-7H2,1-3H3. The molecule has 6 saturated heterocycles. The number of esters is 13. The van der Waals surface area contributed by atoms with Crippen LogP contribution in [0.4, 0.5) is 0 Å². The molecule has 12 bridgehead atoms. The van der Waals surface area contributed by atoms with Gasteiger partial charge in [-0.05, 0) is 240 Å². The van der Waals surface area contributed by atoms with Crippen molar-refractivity contribution in [2.75, 3.05) is 0 Å². The van der Waals surface area contributed by atoms with Crippen LogP contribution in [0.1, 0.15) is 308 Å². The summed E-state index contributed by atoms with van der Waals surface area (Å²) in [6.45, 7) is 47.0. The number of hydrogen-bond acceptors (Lipinski definition) is 26. The molecule has 0 radical (unpaired) electrons. The lowest BCUT2D eigenvalue weighted by Crippen LogP contribution is -2.55. The summed E-state index contributed by atoms with van der Waals surface area (Å²) < 4.78 is 72.1. The van der Waals surface area contributed by atoms with Crippen molar-refractivity contribution < 1.29 is 124 Å². The second-order valence-electron chi connectivity index (χ2n) is 41.8. The number of fused-ring (bicyclic) bond motifs is 9. The molecule has 0 N–H and O–H groups in total. The van der Waals surface area contributed by atoms with Gasteiger partial charge in [0, 0.05) is 54.3 Å². The second kappa shape index (κ2) is 32.6. The number of carbonyl (C=O) groups excluding carboxylic acids is 13. The molecule has 6 aliphatic heterocycles. The van der Waals surface area contributed by atoms with Gasteiger partial charge in [-0.1, -0.05) is 48.5 Å². The Hall–Kier alpha value is -6.89. The first kappa shape index (κ1) is 91.4. The molecular formula is C90H136O26. The van der Waals surface area contributed by atoms with Crippen molar-refractivity contribution in [3.05, 3.63) is 0 Å². The molecule has 24 atom stereocenters. The summed E-state index contributed by atoms with van der Waals surface area (Å²) in [5.74, 6) is -1.46. The fourth-order valence-corrected chi connectivity index (χ4v) is 19.4. The Morgan fingerprint density at radius 3 is 1.48 bits per heavy atom. The highest BCUT2D eigenvalue weighted by Gasteiger charge is 2.72. The van der Waals surface area contributed by atoms with Crippen LogP contribution >= 0.6 is 0 Å². The van der Waals surface area contributed by atoms with Crippen molar-refractivity contribution in [1.82, 2.24) is 0 Å². The minimum atomic E-state index is -1.37. The Balaban J connectivity index is 0.000000147. The molecule has 24 unspecified atom stereocenters. The third-order valence-electron chi connectivity index (χ3n) is 30.7. The van der Waals surface area contributed by atoms with E-state index in [1.807, 2.05) is 138 Å². The van der Waals surface area contributed by atoms with Gasteiger partial charge in [-0.15, -0.1) is 0 Å². The summed E-state index contributed by atoms with van der Waals surface area (Å²) in [5.41, 5.74) is -7.05. The molecule has 0 aromatic carbocycles. The minimum absolute atomic E-state index is 0.00383. The maximum absolute atomic E-state index is 12.6. The van der Waals surface area contributed by atoms with E-state index in [1.165, 1.54) is 13.8 Å². The van der Waals surface area contributed by atoms with Gasteiger partial charge >= 0.3 is 77.6 Å². The average molecular weight is 1630 g/mol. The quantitative estimate of drug-likeness (QED) is 0.0807. The first-order valence-electron chi connectivity index (χ1n) is 43.3. The van der Waals surface area contributed by atoms with Crippen LogP contribution in [0.2, 0.25) is 0 Å². The molecule has 9 aliphatic carbocycles. The lowest BCUT2D eigenvalue weighted by atomic mass is 9.71. The minimum Gasteiger partial charge on any atom is -0.458 e. The van der Waals surface area contributed by atoms with Crippen molar-refractivity contribution in [2.24, 2.45) is 103 Å². The second-order valence-corrected chi connectivity index (χ2v) is 41.8. The maximum atomic E-state index is 12.6. The average Bonchev–Trinajstić information content (AvgIpc) is 1.55. The predicted molar refractivity (Wildman–Crippen MR) is 417 cm³/mol. The van der Waals surface area contributed by atoms with Crippen LogP contribution in [0.5, 0.6) is 0 Å². The number of carbonyl (C=O) groups is 13. The van der Waals surface area contributed by atoms with E-state index in [1.54, 1.807) is 13.8 Å². The van der Waals surface area contributed by atoms with E-state index >= 15 is 0 Å². The summed E-state index contributed by atoms with van der Waals surface area (Å²) in [7, 11) is 0. The molecule has 15 aliphatic rings. The topological polar surface area (TPSA) is 342 Å². The van der Waals surface area contributed by atoms with Crippen molar-refractivity contribution in [1.29, 1.82) is 0 Å². The smallest absolute Gasteiger partial charge is 0.350 e. The van der Waals surface area contributed by atoms with Gasteiger partial charge in [0.2, 0.25) is 5.60 Å². The lowest BCUT2D eigenvalue weighted by Gasteiger charge is -2.45. The molecule has 26 heteroatoms. The van der Waals surface area contributed by atoms with Crippen LogP contribution in [0, 0.1) is 103 Å². The van der Waals surface area contributed by atoms with Gasteiger partial charge in [-0.25, -0.2) is 4.79 Å². The van der Waals surface area contributed by atoms with Crippen molar-refractivity contribution >= 4 is 77.6 Å². The maximum Gasteiger partial charge on any atom is 0.350 e. The van der Waals surface area contributed by atoms with E-state index in [9.17, 15) is 62.3 Å². The summed E-state index contributed by atoms with van der Waals surface area (Å²) in [6, 6.07) is 0. The molecule has 26 nitrogen and oxygen atoms in total.